The molecule has 1 fully saturated rings. The van der Waals surface area contributed by atoms with Crippen molar-refractivity contribution >= 4 is 28.6 Å². The highest BCUT2D eigenvalue weighted by Gasteiger charge is 2.24. The van der Waals surface area contributed by atoms with Gasteiger partial charge in [-0.3, -0.25) is 9.89 Å². The van der Waals surface area contributed by atoms with Gasteiger partial charge in [0.2, 0.25) is 0 Å². The molecule has 7 heteroatoms. The molecule has 148 valence electrons. The SMILES string of the molecule is CN=C(NCC(c1ccc(C)s1)N1CCOCC1)N(C)CCc1cccs1. The number of likely N-dealkylation sites (N-methyl/N-ethyl adjacent to an activating group) is 1. The third-order valence-electron chi connectivity index (χ3n) is 4.88. The lowest BCUT2D eigenvalue weighted by molar-refractivity contribution is 0.0176. The van der Waals surface area contributed by atoms with Gasteiger partial charge >= 0.3 is 0 Å². The number of hydrogen-bond donors (Lipinski definition) is 1. The standard InChI is InChI=1S/C20H30N4OS2/c1-16-6-7-19(27-16)18(24-10-12-25-13-11-24)15-22-20(21-2)23(3)9-8-17-5-4-14-26-17/h4-7,14,18H,8-13,15H2,1-3H3,(H,21,22). The second-order valence-corrected chi connectivity index (χ2v) is 9.14. The molecule has 1 N–H and O–H groups in total. The fraction of sp³-hybridized carbons (Fsp3) is 0.550. The first kappa shape index (κ1) is 20.3. The molecular formula is C20H30N4OS2. The maximum absolute atomic E-state index is 5.55. The molecule has 0 bridgehead atoms. The van der Waals surface area contributed by atoms with Crippen molar-refractivity contribution in [3.63, 3.8) is 0 Å². The van der Waals surface area contributed by atoms with Crippen molar-refractivity contribution in [1.82, 2.24) is 15.1 Å². The number of morpholine rings is 1. The van der Waals surface area contributed by atoms with E-state index < -0.39 is 0 Å². The predicted molar refractivity (Wildman–Crippen MR) is 116 cm³/mol. The molecule has 1 atom stereocenters. The molecule has 1 aliphatic heterocycles. The third-order valence-corrected chi connectivity index (χ3v) is 6.91. The van der Waals surface area contributed by atoms with Gasteiger partial charge in [0.1, 0.15) is 0 Å². The van der Waals surface area contributed by atoms with Crippen LogP contribution in [0, 0.1) is 6.92 Å². The zero-order valence-electron chi connectivity index (χ0n) is 16.5. The largest absolute Gasteiger partial charge is 0.379 e. The summed E-state index contributed by atoms with van der Waals surface area (Å²) in [6.45, 7) is 7.59. The van der Waals surface area contributed by atoms with E-state index in [0.29, 0.717) is 6.04 Å². The molecule has 2 aromatic rings. The molecule has 1 saturated heterocycles. The van der Waals surface area contributed by atoms with Gasteiger partial charge in [0, 0.05) is 54.9 Å². The fourth-order valence-corrected chi connectivity index (χ4v) is 5.05. The van der Waals surface area contributed by atoms with Gasteiger partial charge in [0.25, 0.3) is 0 Å². The Morgan fingerprint density at radius 2 is 2.15 bits per heavy atom. The number of nitrogens with zero attached hydrogens (tertiary/aromatic N) is 3. The number of nitrogens with one attached hydrogen (secondary N) is 1. The summed E-state index contributed by atoms with van der Waals surface area (Å²) in [6.07, 6.45) is 1.05. The molecule has 3 rings (SSSR count). The summed E-state index contributed by atoms with van der Waals surface area (Å²) in [7, 11) is 3.98. The van der Waals surface area contributed by atoms with Crippen LogP contribution < -0.4 is 5.32 Å². The van der Waals surface area contributed by atoms with Gasteiger partial charge in [-0.05, 0) is 36.9 Å². The van der Waals surface area contributed by atoms with Crippen LogP contribution in [0.1, 0.15) is 20.7 Å². The normalized spacial score (nSPS) is 17.1. The van der Waals surface area contributed by atoms with Crippen LogP contribution in [-0.2, 0) is 11.2 Å². The Labute approximate surface area is 170 Å². The van der Waals surface area contributed by atoms with Crippen LogP contribution in [0.5, 0.6) is 0 Å². The first-order chi connectivity index (χ1) is 13.2. The molecule has 0 aliphatic carbocycles. The highest BCUT2D eigenvalue weighted by atomic mass is 32.1. The lowest BCUT2D eigenvalue weighted by Gasteiger charge is -2.35. The Bertz CT molecular complexity index is 707. The number of ether oxygens (including phenoxy) is 1. The van der Waals surface area contributed by atoms with E-state index >= 15 is 0 Å². The number of aliphatic imine (C=N–C) groups is 1. The number of rotatable bonds is 7. The summed E-state index contributed by atoms with van der Waals surface area (Å²) >= 11 is 3.71. The van der Waals surface area contributed by atoms with E-state index in [1.807, 2.05) is 29.7 Å². The lowest BCUT2D eigenvalue weighted by Crippen LogP contribution is -2.46. The molecule has 2 aromatic heterocycles. The Kier molecular flexibility index (Phi) is 7.70. The minimum absolute atomic E-state index is 0.357. The highest BCUT2D eigenvalue weighted by Crippen LogP contribution is 2.28. The second-order valence-electron chi connectivity index (χ2n) is 6.79. The van der Waals surface area contributed by atoms with Crippen molar-refractivity contribution in [1.29, 1.82) is 0 Å². The summed E-state index contributed by atoms with van der Waals surface area (Å²) in [5.74, 6) is 0.957. The predicted octanol–water partition coefficient (Wildman–Crippen LogP) is 3.24. The number of hydrogen-bond acceptors (Lipinski definition) is 5. The van der Waals surface area contributed by atoms with Crippen LogP contribution in [0.3, 0.4) is 0 Å². The van der Waals surface area contributed by atoms with E-state index in [2.05, 4.69) is 63.7 Å². The Balaban J connectivity index is 1.60. The van der Waals surface area contributed by atoms with Crippen molar-refractivity contribution in [2.24, 2.45) is 4.99 Å². The second kappa shape index (κ2) is 10.2. The first-order valence-corrected chi connectivity index (χ1v) is 11.2. The maximum Gasteiger partial charge on any atom is 0.193 e. The first-order valence-electron chi connectivity index (χ1n) is 9.49. The summed E-state index contributed by atoms with van der Waals surface area (Å²) in [4.78, 5) is 13.4. The minimum Gasteiger partial charge on any atom is -0.379 e. The minimum atomic E-state index is 0.357. The van der Waals surface area contributed by atoms with E-state index in [4.69, 9.17) is 4.74 Å². The molecule has 3 heterocycles. The van der Waals surface area contributed by atoms with Crippen LogP contribution in [0.2, 0.25) is 0 Å². The highest BCUT2D eigenvalue weighted by molar-refractivity contribution is 7.12. The average molecular weight is 407 g/mol. The van der Waals surface area contributed by atoms with Crippen LogP contribution in [0.25, 0.3) is 0 Å². The zero-order valence-corrected chi connectivity index (χ0v) is 18.1. The summed E-state index contributed by atoms with van der Waals surface area (Å²) in [5.41, 5.74) is 0. The molecule has 1 unspecified atom stereocenters. The molecule has 1 aliphatic rings. The molecule has 0 radical (unpaired) electrons. The average Bonchev–Trinajstić information content (AvgIpc) is 3.36. The Hall–Kier alpha value is -1.41. The number of thiophene rings is 2. The van der Waals surface area contributed by atoms with Crippen molar-refractivity contribution in [3.05, 3.63) is 44.3 Å². The van der Waals surface area contributed by atoms with Gasteiger partial charge in [-0.15, -0.1) is 22.7 Å². The number of guanidine groups is 1. The topological polar surface area (TPSA) is 40.1 Å². The monoisotopic (exact) mass is 406 g/mol. The van der Waals surface area contributed by atoms with Gasteiger partial charge in [-0.25, -0.2) is 0 Å². The van der Waals surface area contributed by atoms with E-state index in [9.17, 15) is 0 Å². The van der Waals surface area contributed by atoms with Crippen LogP contribution in [0.15, 0.2) is 34.6 Å². The third kappa shape index (κ3) is 5.78. The maximum atomic E-state index is 5.55. The Morgan fingerprint density at radius 3 is 2.78 bits per heavy atom. The van der Waals surface area contributed by atoms with Gasteiger partial charge in [0.15, 0.2) is 5.96 Å². The van der Waals surface area contributed by atoms with E-state index in [-0.39, 0.29) is 0 Å². The number of aryl methyl sites for hydroxylation is 1. The molecule has 5 nitrogen and oxygen atoms in total. The molecular weight excluding hydrogens is 376 g/mol. The summed E-state index contributed by atoms with van der Waals surface area (Å²) < 4.78 is 5.55. The fourth-order valence-electron chi connectivity index (χ4n) is 3.34. The van der Waals surface area contributed by atoms with Gasteiger partial charge in [-0.1, -0.05) is 6.07 Å². The lowest BCUT2D eigenvalue weighted by atomic mass is 10.2. The molecule has 0 amide bonds. The van der Waals surface area contributed by atoms with Crippen molar-refractivity contribution in [2.45, 2.75) is 19.4 Å². The van der Waals surface area contributed by atoms with Crippen molar-refractivity contribution in [2.75, 3.05) is 53.5 Å². The Morgan fingerprint density at radius 1 is 1.33 bits per heavy atom. The van der Waals surface area contributed by atoms with Crippen molar-refractivity contribution in [3.8, 4) is 0 Å². The van der Waals surface area contributed by atoms with E-state index in [1.54, 1.807) is 0 Å². The van der Waals surface area contributed by atoms with Gasteiger partial charge in [-0.2, -0.15) is 0 Å². The van der Waals surface area contributed by atoms with Gasteiger partial charge < -0.3 is 15.0 Å². The smallest absolute Gasteiger partial charge is 0.193 e. The van der Waals surface area contributed by atoms with Crippen LogP contribution in [0.4, 0.5) is 0 Å². The zero-order chi connectivity index (χ0) is 19.1. The molecule has 0 spiro atoms. The molecule has 0 aromatic carbocycles. The van der Waals surface area contributed by atoms with Crippen LogP contribution in [-0.4, -0.2) is 69.2 Å². The summed E-state index contributed by atoms with van der Waals surface area (Å²) in [5, 5.41) is 5.75. The van der Waals surface area contributed by atoms with Gasteiger partial charge in [0.05, 0.1) is 19.3 Å². The molecule has 0 saturated carbocycles. The van der Waals surface area contributed by atoms with Crippen LogP contribution >= 0.6 is 22.7 Å². The quantitative estimate of drug-likeness (QED) is 0.566. The van der Waals surface area contributed by atoms with E-state index in [1.165, 1.54) is 14.6 Å². The van der Waals surface area contributed by atoms with E-state index in [0.717, 1.165) is 51.8 Å². The molecule has 27 heavy (non-hydrogen) atoms. The summed E-state index contributed by atoms with van der Waals surface area (Å²) in [6, 6.07) is 9.15. The van der Waals surface area contributed by atoms with Crippen molar-refractivity contribution < 1.29 is 4.74 Å².